The summed E-state index contributed by atoms with van der Waals surface area (Å²) in [6, 6.07) is 50.3. The maximum atomic E-state index is 6.70. The van der Waals surface area contributed by atoms with Crippen molar-refractivity contribution >= 4 is 99.5 Å². The fraction of sp³-hybridized carbons (Fsp3) is 0.138. The van der Waals surface area contributed by atoms with Gasteiger partial charge in [0.1, 0.15) is 22.3 Å². The predicted octanol–water partition coefficient (Wildman–Crippen LogP) is 15.4. The summed E-state index contributed by atoms with van der Waals surface area (Å²) in [5.74, 6) is 3.34. The Bertz CT molecular complexity index is 3480. The molecule has 0 fully saturated rings. The molecule has 0 bridgehead atoms. The normalized spacial score (nSPS) is 11.5. The first kappa shape index (κ1) is 42.2. The molecule has 0 aliphatic heterocycles. The number of hydrogen-bond acceptors (Lipinski definition) is 10. The summed E-state index contributed by atoms with van der Waals surface area (Å²) in [7, 11) is 9.75. The Morgan fingerprint density at radius 3 is 1.07 bits per heavy atom. The van der Waals surface area contributed by atoms with Crippen LogP contribution in [-0.2, 0) is 0 Å². The van der Waals surface area contributed by atoms with Crippen molar-refractivity contribution in [1.29, 1.82) is 0 Å². The monoisotopic (exact) mass is 900 g/mol. The third kappa shape index (κ3) is 6.78. The fourth-order valence-corrected chi connectivity index (χ4v) is 9.75. The average Bonchev–Trinajstić information content (AvgIpc) is 3.92. The molecule has 10 heteroatoms. The summed E-state index contributed by atoms with van der Waals surface area (Å²) in [6.07, 6.45) is 0. The first-order chi connectivity index (χ1) is 33.2. The summed E-state index contributed by atoms with van der Waals surface area (Å²) in [5.41, 5.74) is 11.1. The number of para-hydroxylation sites is 2. The first-order valence-corrected chi connectivity index (χ1v) is 22.2. The van der Waals surface area contributed by atoms with Gasteiger partial charge in [-0.15, -0.1) is 0 Å². The van der Waals surface area contributed by atoms with Gasteiger partial charge in [-0.1, -0.05) is 48.5 Å². The molecular weight excluding hydrogens is 853 g/mol. The van der Waals surface area contributed by atoms with Crippen molar-refractivity contribution < 1.29 is 37.3 Å². The smallest absolute Gasteiger partial charge is 0.203 e. The number of methoxy groups -OCH3 is 6. The van der Waals surface area contributed by atoms with Gasteiger partial charge in [0.25, 0.3) is 0 Å². The highest BCUT2D eigenvalue weighted by Gasteiger charge is 2.24. The molecule has 0 saturated heterocycles. The van der Waals surface area contributed by atoms with Crippen LogP contribution in [0.3, 0.4) is 0 Å². The largest absolute Gasteiger partial charge is 0.493 e. The fourth-order valence-electron chi connectivity index (χ4n) is 9.75. The summed E-state index contributed by atoms with van der Waals surface area (Å²) in [6.45, 7) is 4.22. The SMILES string of the molecule is COc1cc(N(c2ccc3cc4c(cc3c2)oc2ccc3oc5cc6cc(N(c7cc(OC)c(OC)c(OC)c7)c7ccccc7C)ccc6cc5c3c24)c2ccccc2C)cc(OC)c1OC. The highest BCUT2D eigenvalue weighted by Crippen LogP contribution is 2.49. The van der Waals surface area contributed by atoms with Gasteiger partial charge in [-0.3, -0.25) is 0 Å². The number of furan rings is 2. The van der Waals surface area contributed by atoms with Crippen LogP contribution in [-0.4, -0.2) is 42.7 Å². The summed E-state index contributed by atoms with van der Waals surface area (Å²) in [5, 5.41) is 8.28. The van der Waals surface area contributed by atoms with Gasteiger partial charge in [-0.05, 0) is 119 Å². The van der Waals surface area contributed by atoms with Crippen LogP contribution in [0, 0.1) is 13.8 Å². The van der Waals surface area contributed by atoms with Gasteiger partial charge in [-0.2, -0.15) is 0 Å². The van der Waals surface area contributed by atoms with E-state index in [9.17, 15) is 0 Å². The third-order valence-corrected chi connectivity index (χ3v) is 13.0. The van der Waals surface area contributed by atoms with Crippen molar-refractivity contribution in [3.63, 3.8) is 0 Å². The van der Waals surface area contributed by atoms with Gasteiger partial charge in [0.15, 0.2) is 23.0 Å². The molecule has 2 aromatic heterocycles. The molecule has 11 rings (SSSR count). The number of aryl methyl sites for hydroxylation is 2. The number of anilines is 6. The van der Waals surface area contributed by atoms with E-state index >= 15 is 0 Å². The molecule has 2 heterocycles. The van der Waals surface area contributed by atoms with E-state index in [1.165, 1.54) is 0 Å². The third-order valence-electron chi connectivity index (χ3n) is 13.0. The second kappa shape index (κ2) is 16.7. The van der Waals surface area contributed by atoms with Gasteiger partial charge >= 0.3 is 0 Å². The van der Waals surface area contributed by atoms with Crippen LogP contribution in [0.1, 0.15) is 11.1 Å². The van der Waals surface area contributed by atoms with Crippen LogP contribution < -0.4 is 38.2 Å². The van der Waals surface area contributed by atoms with E-state index in [2.05, 4.69) is 109 Å². The second-order valence-electron chi connectivity index (χ2n) is 16.8. The average molecular weight is 901 g/mol. The zero-order valence-corrected chi connectivity index (χ0v) is 39.0. The molecule has 0 unspecified atom stereocenters. The van der Waals surface area contributed by atoms with Crippen LogP contribution in [0.4, 0.5) is 34.1 Å². The van der Waals surface area contributed by atoms with Gasteiger partial charge in [0.2, 0.25) is 11.5 Å². The number of fused-ring (bicyclic) bond motifs is 9. The van der Waals surface area contributed by atoms with Gasteiger partial charge in [0.05, 0.1) is 54.0 Å². The molecular formula is C58H48N2O8. The van der Waals surface area contributed by atoms with E-state index < -0.39 is 0 Å². The van der Waals surface area contributed by atoms with Crippen molar-refractivity contribution in [2.75, 3.05) is 52.5 Å². The van der Waals surface area contributed by atoms with Crippen LogP contribution in [0.5, 0.6) is 34.5 Å². The van der Waals surface area contributed by atoms with E-state index in [4.69, 9.17) is 37.3 Å². The van der Waals surface area contributed by atoms with E-state index in [0.29, 0.717) is 34.5 Å². The molecule has 0 spiro atoms. The van der Waals surface area contributed by atoms with Crippen LogP contribution >= 0.6 is 0 Å². The molecule has 0 atom stereocenters. The molecule has 0 saturated carbocycles. The van der Waals surface area contributed by atoms with Gasteiger partial charge in [0, 0.05) is 68.6 Å². The molecule has 9 aromatic carbocycles. The number of nitrogens with zero attached hydrogens (tertiary/aromatic N) is 2. The Kier molecular flexibility index (Phi) is 10.4. The Morgan fingerprint density at radius 2 is 0.721 bits per heavy atom. The zero-order valence-electron chi connectivity index (χ0n) is 39.0. The van der Waals surface area contributed by atoms with E-state index in [1.54, 1.807) is 42.7 Å². The first-order valence-electron chi connectivity index (χ1n) is 22.2. The molecule has 338 valence electrons. The van der Waals surface area contributed by atoms with E-state index in [0.717, 1.165) is 111 Å². The van der Waals surface area contributed by atoms with Gasteiger partial charge in [-0.25, -0.2) is 0 Å². The molecule has 11 aromatic rings. The van der Waals surface area contributed by atoms with Crippen molar-refractivity contribution in [1.82, 2.24) is 0 Å². The molecule has 0 aliphatic rings. The predicted molar refractivity (Wildman–Crippen MR) is 274 cm³/mol. The number of ether oxygens (including phenoxy) is 6. The summed E-state index contributed by atoms with van der Waals surface area (Å²) < 4.78 is 47.9. The molecule has 0 radical (unpaired) electrons. The Balaban J connectivity index is 1.04. The highest BCUT2D eigenvalue weighted by molar-refractivity contribution is 6.28. The maximum Gasteiger partial charge on any atom is 0.203 e. The lowest BCUT2D eigenvalue weighted by Crippen LogP contribution is -2.12. The topological polar surface area (TPSA) is 88.1 Å². The lowest BCUT2D eigenvalue weighted by Gasteiger charge is -2.28. The minimum Gasteiger partial charge on any atom is -0.493 e. The van der Waals surface area contributed by atoms with Crippen LogP contribution in [0.15, 0.2) is 154 Å². The number of rotatable bonds is 12. The summed E-state index contributed by atoms with van der Waals surface area (Å²) >= 11 is 0. The van der Waals surface area contributed by atoms with Crippen LogP contribution in [0.25, 0.3) is 65.4 Å². The van der Waals surface area contributed by atoms with Gasteiger partial charge < -0.3 is 47.1 Å². The highest BCUT2D eigenvalue weighted by atomic mass is 16.5. The summed E-state index contributed by atoms with van der Waals surface area (Å²) in [4.78, 5) is 4.42. The molecule has 68 heavy (non-hydrogen) atoms. The molecule has 0 amide bonds. The molecule has 0 aliphatic carbocycles. The minimum absolute atomic E-state index is 0.533. The zero-order chi connectivity index (χ0) is 46.8. The standard InChI is InChI=1S/C58H48N2O8/c1-33-13-9-11-15-45(33)59(41-29-51(61-3)57(65-7)52(30-41)62-4)39-19-17-35-25-43-49(27-37(35)23-39)67-47-21-22-48-56(55(43)47)44-26-36-18-20-40(24-38(36)28-50(44)68-48)60(46-16-12-10-14-34(46)2)42-31-53(63-5)58(66-8)54(32-42)64-6/h9-32H,1-8H3. The second-order valence-corrected chi connectivity index (χ2v) is 16.8. The lowest BCUT2D eigenvalue weighted by atomic mass is 10.00. The Labute approximate surface area is 392 Å². The van der Waals surface area contributed by atoms with Crippen LogP contribution in [0.2, 0.25) is 0 Å². The number of hydrogen-bond donors (Lipinski definition) is 0. The Hall–Kier alpha value is -8.50. The quantitative estimate of drug-likeness (QED) is 0.118. The van der Waals surface area contributed by atoms with Crippen molar-refractivity contribution in [2.45, 2.75) is 13.8 Å². The maximum absolute atomic E-state index is 6.70. The molecule has 0 N–H and O–H groups in total. The van der Waals surface area contributed by atoms with Crippen molar-refractivity contribution in [2.24, 2.45) is 0 Å². The Morgan fingerprint density at radius 1 is 0.338 bits per heavy atom. The minimum atomic E-state index is 0.533. The van der Waals surface area contributed by atoms with Crippen molar-refractivity contribution in [3.8, 4) is 34.5 Å². The van der Waals surface area contributed by atoms with E-state index in [1.807, 2.05) is 60.7 Å². The lowest BCUT2D eigenvalue weighted by molar-refractivity contribution is 0.324. The van der Waals surface area contributed by atoms with E-state index in [-0.39, 0.29) is 0 Å². The van der Waals surface area contributed by atoms with Crippen molar-refractivity contribution in [3.05, 3.63) is 157 Å². The number of benzene rings is 9. The molecule has 10 nitrogen and oxygen atoms in total.